The minimum atomic E-state index is -0.388. The van der Waals surface area contributed by atoms with Gasteiger partial charge in [0.15, 0.2) is 0 Å². The van der Waals surface area contributed by atoms with Crippen LogP contribution in [0.3, 0.4) is 0 Å². The molecule has 1 aromatic carbocycles. The van der Waals surface area contributed by atoms with Gasteiger partial charge in [-0.1, -0.05) is 23.2 Å². The van der Waals surface area contributed by atoms with Gasteiger partial charge >= 0.3 is 5.97 Å². The molecule has 2 aromatic rings. The summed E-state index contributed by atoms with van der Waals surface area (Å²) in [5, 5.41) is 4.33. The van der Waals surface area contributed by atoms with Crippen molar-refractivity contribution in [2.24, 2.45) is 0 Å². The molecule has 1 N–H and O–H groups in total. The summed E-state index contributed by atoms with van der Waals surface area (Å²) < 4.78 is 10.4. The Balaban J connectivity index is 1.73. The van der Waals surface area contributed by atoms with Crippen LogP contribution in [0.4, 0.5) is 5.00 Å². The molecule has 0 saturated carbocycles. The molecule has 0 saturated heterocycles. The van der Waals surface area contributed by atoms with Crippen LogP contribution in [0.1, 0.15) is 29.4 Å². The van der Waals surface area contributed by atoms with Gasteiger partial charge in [0.1, 0.15) is 10.6 Å². The number of carbonyl (C=O) groups is 2. The Kier molecular flexibility index (Phi) is 7.55. The van der Waals surface area contributed by atoms with Crippen molar-refractivity contribution in [2.75, 3.05) is 18.5 Å². The molecular weight excluding hydrogens is 385 g/mol. The average molecular weight is 402 g/mol. The molecule has 1 amide bonds. The van der Waals surface area contributed by atoms with Crippen LogP contribution in [0, 0.1) is 0 Å². The number of rotatable bonds is 8. The van der Waals surface area contributed by atoms with E-state index in [1.165, 1.54) is 11.3 Å². The van der Waals surface area contributed by atoms with Gasteiger partial charge in [-0.15, -0.1) is 11.3 Å². The van der Waals surface area contributed by atoms with Gasteiger partial charge in [0, 0.05) is 11.4 Å². The molecular formula is C17H17Cl2NO4S. The Morgan fingerprint density at radius 3 is 2.72 bits per heavy atom. The van der Waals surface area contributed by atoms with Crippen molar-refractivity contribution in [2.45, 2.75) is 19.8 Å². The van der Waals surface area contributed by atoms with Gasteiger partial charge in [-0.05, 0) is 43.7 Å². The predicted molar refractivity (Wildman–Crippen MR) is 100 cm³/mol. The molecule has 0 fully saturated rings. The molecule has 5 nitrogen and oxygen atoms in total. The van der Waals surface area contributed by atoms with Gasteiger partial charge in [0.2, 0.25) is 5.91 Å². The van der Waals surface area contributed by atoms with E-state index in [-0.39, 0.29) is 18.3 Å². The smallest absolute Gasteiger partial charge is 0.348 e. The Morgan fingerprint density at radius 2 is 2.00 bits per heavy atom. The lowest BCUT2D eigenvalue weighted by Crippen LogP contribution is -2.12. The van der Waals surface area contributed by atoms with Gasteiger partial charge in [-0.2, -0.15) is 0 Å². The number of amides is 1. The van der Waals surface area contributed by atoms with Crippen molar-refractivity contribution in [3.8, 4) is 5.75 Å². The van der Waals surface area contributed by atoms with Crippen molar-refractivity contribution in [3.63, 3.8) is 0 Å². The van der Waals surface area contributed by atoms with E-state index in [0.717, 1.165) is 0 Å². The van der Waals surface area contributed by atoms with Crippen LogP contribution in [0.5, 0.6) is 5.75 Å². The van der Waals surface area contributed by atoms with Crippen molar-refractivity contribution < 1.29 is 19.1 Å². The lowest BCUT2D eigenvalue weighted by molar-refractivity contribution is -0.116. The summed E-state index contributed by atoms with van der Waals surface area (Å²) in [7, 11) is 0. The summed E-state index contributed by atoms with van der Waals surface area (Å²) in [5.74, 6) is -0.00638. The van der Waals surface area contributed by atoms with Crippen LogP contribution in [0.25, 0.3) is 0 Å². The van der Waals surface area contributed by atoms with Crippen LogP contribution in [-0.4, -0.2) is 25.1 Å². The second-order valence-electron chi connectivity index (χ2n) is 4.96. The molecule has 0 atom stereocenters. The van der Waals surface area contributed by atoms with E-state index in [9.17, 15) is 9.59 Å². The highest BCUT2D eigenvalue weighted by Crippen LogP contribution is 2.27. The fourth-order valence-corrected chi connectivity index (χ4v) is 3.20. The molecule has 8 heteroatoms. The normalized spacial score (nSPS) is 10.4. The average Bonchev–Trinajstić information content (AvgIpc) is 3.02. The number of anilines is 1. The van der Waals surface area contributed by atoms with Gasteiger partial charge in [-0.25, -0.2) is 4.79 Å². The number of halogens is 2. The Labute approximate surface area is 159 Å². The zero-order valence-electron chi connectivity index (χ0n) is 13.5. The van der Waals surface area contributed by atoms with Crippen LogP contribution in [-0.2, 0) is 9.53 Å². The molecule has 1 heterocycles. The van der Waals surface area contributed by atoms with E-state index < -0.39 is 0 Å². The van der Waals surface area contributed by atoms with E-state index in [1.54, 1.807) is 37.3 Å². The predicted octanol–water partition coefficient (Wildman–Crippen LogP) is 5.03. The summed E-state index contributed by atoms with van der Waals surface area (Å²) in [6.07, 6.45) is 0.818. The Morgan fingerprint density at radius 1 is 1.20 bits per heavy atom. The summed E-state index contributed by atoms with van der Waals surface area (Å²) in [4.78, 5) is 24.0. The molecule has 0 radical (unpaired) electrons. The zero-order chi connectivity index (χ0) is 18.2. The molecule has 134 valence electrons. The maximum Gasteiger partial charge on any atom is 0.348 e. The third kappa shape index (κ3) is 6.23. The molecule has 25 heavy (non-hydrogen) atoms. The zero-order valence-corrected chi connectivity index (χ0v) is 15.8. The van der Waals surface area contributed by atoms with Crippen LogP contribution < -0.4 is 10.1 Å². The highest BCUT2D eigenvalue weighted by Gasteiger charge is 2.11. The molecule has 2 rings (SSSR count). The fourth-order valence-electron chi connectivity index (χ4n) is 1.92. The van der Waals surface area contributed by atoms with E-state index in [1.807, 2.05) is 0 Å². The van der Waals surface area contributed by atoms with E-state index in [2.05, 4.69) is 5.32 Å². The van der Waals surface area contributed by atoms with Crippen molar-refractivity contribution in [3.05, 3.63) is 45.3 Å². The number of thiophene rings is 1. The van der Waals surface area contributed by atoms with E-state index in [4.69, 9.17) is 32.7 Å². The highest BCUT2D eigenvalue weighted by molar-refractivity contribution is 7.18. The second-order valence-corrected chi connectivity index (χ2v) is 6.89. The minimum Gasteiger partial charge on any atom is -0.492 e. The quantitative estimate of drug-likeness (QED) is 0.497. The van der Waals surface area contributed by atoms with Gasteiger partial charge in [0.25, 0.3) is 0 Å². The summed E-state index contributed by atoms with van der Waals surface area (Å²) >= 11 is 13.0. The Hall–Kier alpha value is -1.76. The number of esters is 1. The molecule has 0 aliphatic carbocycles. The maximum atomic E-state index is 11.9. The first-order chi connectivity index (χ1) is 12.0. The molecule has 1 aromatic heterocycles. The molecule has 0 aliphatic rings. The number of nitrogens with one attached hydrogen (secondary N) is 1. The van der Waals surface area contributed by atoms with Gasteiger partial charge < -0.3 is 14.8 Å². The van der Waals surface area contributed by atoms with Crippen molar-refractivity contribution >= 4 is 51.4 Å². The van der Waals surface area contributed by atoms with Gasteiger partial charge in [0.05, 0.1) is 23.2 Å². The first-order valence-electron chi connectivity index (χ1n) is 7.64. The topological polar surface area (TPSA) is 64.6 Å². The molecule has 0 unspecified atom stereocenters. The largest absolute Gasteiger partial charge is 0.492 e. The summed E-state index contributed by atoms with van der Waals surface area (Å²) in [6, 6.07) is 8.28. The third-order valence-electron chi connectivity index (χ3n) is 3.04. The second kappa shape index (κ2) is 9.65. The molecule has 0 aliphatic heterocycles. The van der Waals surface area contributed by atoms with Crippen molar-refractivity contribution in [1.29, 1.82) is 0 Å². The molecule has 0 spiro atoms. The summed E-state index contributed by atoms with van der Waals surface area (Å²) in [6.45, 7) is 2.41. The van der Waals surface area contributed by atoms with Crippen LogP contribution in [0.2, 0.25) is 10.0 Å². The van der Waals surface area contributed by atoms with Gasteiger partial charge in [-0.3, -0.25) is 4.79 Å². The number of hydrogen-bond acceptors (Lipinski definition) is 5. The lowest BCUT2D eigenvalue weighted by atomic mass is 10.3. The maximum absolute atomic E-state index is 11.9. The number of carbonyl (C=O) groups excluding carboxylic acids is 2. The number of hydrogen-bond donors (Lipinski definition) is 1. The lowest BCUT2D eigenvalue weighted by Gasteiger charge is -2.08. The SMILES string of the molecule is CCOC(=O)c1ccc(NC(=O)CCCOc2ccc(Cl)cc2Cl)s1. The molecule has 0 bridgehead atoms. The highest BCUT2D eigenvalue weighted by atomic mass is 35.5. The van der Waals surface area contributed by atoms with Crippen molar-refractivity contribution in [1.82, 2.24) is 0 Å². The van der Waals surface area contributed by atoms with Crippen LogP contribution in [0.15, 0.2) is 30.3 Å². The minimum absolute atomic E-state index is 0.150. The summed E-state index contributed by atoms with van der Waals surface area (Å²) in [5.41, 5.74) is 0. The number of benzene rings is 1. The monoisotopic (exact) mass is 401 g/mol. The van der Waals surface area contributed by atoms with E-state index >= 15 is 0 Å². The first-order valence-corrected chi connectivity index (χ1v) is 9.21. The standard InChI is InChI=1S/C17H17Cl2NO4S/c1-2-23-17(22)14-7-8-16(25-14)20-15(21)4-3-9-24-13-6-5-11(18)10-12(13)19/h5-8,10H,2-4,9H2,1H3,(H,20,21). The van der Waals surface area contributed by atoms with Crippen LogP contribution >= 0.6 is 34.5 Å². The Bertz CT molecular complexity index is 748. The first kappa shape index (κ1) is 19.6. The number of ether oxygens (including phenoxy) is 2. The fraction of sp³-hybridized carbons (Fsp3) is 0.294. The third-order valence-corrected chi connectivity index (χ3v) is 4.56. The van der Waals surface area contributed by atoms with E-state index in [0.29, 0.717) is 45.3 Å².